The lowest BCUT2D eigenvalue weighted by Crippen LogP contribution is -2.06. The molecule has 0 saturated heterocycles. The number of carbonyl (C=O) groups is 2. The van der Waals surface area contributed by atoms with Gasteiger partial charge in [0, 0.05) is 12.8 Å². The van der Waals surface area contributed by atoms with Gasteiger partial charge in [-0.2, -0.15) is 0 Å². The first kappa shape index (κ1) is 15.4. The summed E-state index contributed by atoms with van der Waals surface area (Å²) in [5.74, 6) is -0.228. The van der Waals surface area contributed by atoms with E-state index < -0.39 is 5.24 Å². The van der Waals surface area contributed by atoms with Gasteiger partial charge in [-0.3, -0.25) is 9.59 Å². The van der Waals surface area contributed by atoms with Crippen LogP contribution in [0.3, 0.4) is 0 Å². The molecular weight excluding hydrogens is 228 g/mol. The summed E-state index contributed by atoms with van der Waals surface area (Å²) in [6.45, 7) is 2.66. The average molecular weight is 249 g/mol. The van der Waals surface area contributed by atoms with Crippen LogP contribution in [0.1, 0.15) is 58.3 Å². The molecule has 0 unspecified atom stereocenters. The van der Waals surface area contributed by atoms with Crippen molar-refractivity contribution in [3.8, 4) is 0 Å². The molecule has 16 heavy (non-hydrogen) atoms. The fraction of sp³-hybridized carbons (Fsp3) is 0.833. The first-order chi connectivity index (χ1) is 7.66. The predicted molar refractivity (Wildman–Crippen MR) is 64.4 cm³/mol. The van der Waals surface area contributed by atoms with E-state index in [2.05, 4.69) is 6.92 Å². The Labute approximate surface area is 102 Å². The van der Waals surface area contributed by atoms with Gasteiger partial charge < -0.3 is 4.74 Å². The molecule has 0 heterocycles. The van der Waals surface area contributed by atoms with Crippen LogP contribution in [0.25, 0.3) is 0 Å². The first-order valence-corrected chi connectivity index (χ1v) is 6.38. The van der Waals surface area contributed by atoms with Crippen LogP contribution < -0.4 is 0 Å². The lowest BCUT2D eigenvalue weighted by Gasteiger charge is -2.03. The van der Waals surface area contributed by atoms with E-state index in [1.165, 1.54) is 19.3 Å². The van der Waals surface area contributed by atoms with Crippen LogP contribution in [0.15, 0.2) is 0 Å². The monoisotopic (exact) mass is 248 g/mol. The predicted octanol–water partition coefficient (Wildman–Crippen LogP) is 3.44. The third-order valence-electron chi connectivity index (χ3n) is 2.27. The fourth-order valence-corrected chi connectivity index (χ4v) is 1.47. The van der Waals surface area contributed by atoms with E-state index in [4.69, 9.17) is 16.3 Å². The molecule has 0 bridgehead atoms. The molecule has 0 aliphatic carbocycles. The molecule has 3 nitrogen and oxygen atoms in total. The van der Waals surface area contributed by atoms with Gasteiger partial charge in [-0.25, -0.2) is 0 Å². The van der Waals surface area contributed by atoms with E-state index >= 15 is 0 Å². The smallest absolute Gasteiger partial charge is 0.305 e. The Balaban J connectivity index is 3.20. The van der Waals surface area contributed by atoms with E-state index in [1.54, 1.807) is 0 Å². The molecule has 0 amide bonds. The first-order valence-electron chi connectivity index (χ1n) is 6.00. The molecule has 0 atom stereocenters. The number of hydrogen-bond donors (Lipinski definition) is 0. The minimum atomic E-state index is -0.396. The zero-order valence-electron chi connectivity index (χ0n) is 9.97. The number of hydrogen-bond acceptors (Lipinski definition) is 3. The van der Waals surface area contributed by atoms with Gasteiger partial charge in [-0.1, -0.05) is 32.6 Å². The molecule has 94 valence electrons. The maximum atomic E-state index is 11.1. The number of ether oxygens (including phenoxy) is 1. The molecule has 0 aliphatic rings. The highest BCUT2D eigenvalue weighted by atomic mass is 35.5. The molecule has 0 aromatic rings. The Morgan fingerprint density at radius 1 is 1.00 bits per heavy atom. The van der Waals surface area contributed by atoms with E-state index in [1.807, 2.05) is 0 Å². The molecular formula is C12H21ClO3. The fourth-order valence-electron chi connectivity index (χ4n) is 1.34. The highest BCUT2D eigenvalue weighted by molar-refractivity contribution is 6.63. The van der Waals surface area contributed by atoms with Crippen molar-refractivity contribution in [1.82, 2.24) is 0 Å². The quantitative estimate of drug-likeness (QED) is 0.338. The summed E-state index contributed by atoms with van der Waals surface area (Å²) >= 11 is 5.15. The Kier molecular flexibility index (Phi) is 10.5. The molecule has 0 fully saturated rings. The van der Waals surface area contributed by atoms with Crippen LogP contribution in [0, 0.1) is 0 Å². The largest absolute Gasteiger partial charge is 0.466 e. The molecule has 0 aliphatic heterocycles. The number of unbranched alkanes of at least 4 members (excludes halogenated alkanes) is 4. The maximum Gasteiger partial charge on any atom is 0.305 e. The Bertz CT molecular complexity index is 204. The summed E-state index contributed by atoms with van der Waals surface area (Å²) in [7, 11) is 0. The number of esters is 1. The minimum Gasteiger partial charge on any atom is -0.466 e. The summed E-state index contributed by atoms with van der Waals surface area (Å²) in [4.78, 5) is 21.5. The van der Waals surface area contributed by atoms with Gasteiger partial charge in [0.05, 0.1) is 6.61 Å². The van der Waals surface area contributed by atoms with Gasteiger partial charge in [0.15, 0.2) is 0 Å². The molecule has 4 heteroatoms. The van der Waals surface area contributed by atoms with Gasteiger partial charge in [-0.05, 0) is 24.4 Å². The van der Waals surface area contributed by atoms with Gasteiger partial charge >= 0.3 is 5.97 Å². The second-order valence-corrected chi connectivity index (χ2v) is 4.26. The Hall–Kier alpha value is -0.570. The molecule has 0 aromatic carbocycles. The Morgan fingerprint density at radius 3 is 2.31 bits per heavy atom. The molecule has 0 spiro atoms. The van der Waals surface area contributed by atoms with E-state index in [-0.39, 0.29) is 18.8 Å². The molecule has 0 N–H and O–H groups in total. The number of halogens is 1. The second kappa shape index (κ2) is 10.9. The second-order valence-electron chi connectivity index (χ2n) is 3.84. The summed E-state index contributed by atoms with van der Waals surface area (Å²) in [5, 5.41) is -0.396. The van der Waals surface area contributed by atoms with Gasteiger partial charge in [-0.15, -0.1) is 0 Å². The zero-order chi connectivity index (χ0) is 12.2. The maximum absolute atomic E-state index is 11.1. The average Bonchev–Trinajstić information content (AvgIpc) is 2.22. The van der Waals surface area contributed by atoms with Crippen molar-refractivity contribution >= 4 is 22.8 Å². The third kappa shape index (κ3) is 11.5. The van der Waals surface area contributed by atoms with Crippen LogP contribution in [0.5, 0.6) is 0 Å². The highest BCUT2D eigenvalue weighted by Crippen LogP contribution is 2.04. The van der Waals surface area contributed by atoms with E-state index in [9.17, 15) is 9.59 Å². The van der Waals surface area contributed by atoms with Crippen LogP contribution in [-0.4, -0.2) is 17.8 Å². The van der Waals surface area contributed by atoms with Crippen molar-refractivity contribution < 1.29 is 14.3 Å². The summed E-state index contributed by atoms with van der Waals surface area (Å²) in [6.07, 6.45) is 6.71. The van der Waals surface area contributed by atoms with Crippen LogP contribution >= 0.6 is 11.6 Å². The highest BCUT2D eigenvalue weighted by Gasteiger charge is 2.04. The van der Waals surface area contributed by atoms with Crippen LogP contribution in [-0.2, 0) is 14.3 Å². The summed E-state index contributed by atoms with van der Waals surface area (Å²) in [5.41, 5.74) is 0. The van der Waals surface area contributed by atoms with Gasteiger partial charge in [0.25, 0.3) is 0 Å². The zero-order valence-corrected chi connectivity index (χ0v) is 10.7. The van der Waals surface area contributed by atoms with E-state index in [0.29, 0.717) is 13.0 Å². The molecule has 0 aromatic heterocycles. The van der Waals surface area contributed by atoms with E-state index in [0.717, 1.165) is 12.8 Å². The molecule has 0 rings (SSSR count). The minimum absolute atomic E-state index is 0.228. The van der Waals surface area contributed by atoms with Crippen molar-refractivity contribution in [2.45, 2.75) is 58.3 Å². The van der Waals surface area contributed by atoms with Crippen LogP contribution in [0.2, 0.25) is 0 Å². The normalized spacial score (nSPS) is 10.1. The molecule has 0 radical (unpaired) electrons. The van der Waals surface area contributed by atoms with Crippen molar-refractivity contribution in [3.05, 3.63) is 0 Å². The lowest BCUT2D eigenvalue weighted by atomic mass is 10.2. The third-order valence-corrected chi connectivity index (χ3v) is 2.45. The lowest BCUT2D eigenvalue weighted by molar-refractivity contribution is -0.143. The van der Waals surface area contributed by atoms with Gasteiger partial charge in [0.2, 0.25) is 5.24 Å². The van der Waals surface area contributed by atoms with Crippen molar-refractivity contribution in [2.24, 2.45) is 0 Å². The SMILES string of the molecule is CCCCCCCOC(=O)CCCC(=O)Cl. The standard InChI is InChI=1S/C12H21ClO3/c1-2-3-4-5-6-10-16-12(15)9-7-8-11(13)14/h2-10H2,1H3. The topological polar surface area (TPSA) is 43.4 Å². The number of rotatable bonds is 10. The summed E-state index contributed by atoms with van der Waals surface area (Å²) in [6, 6.07) is 0. The number of carbonyl (C=O) groups excluding carboxylic acids is 2. The van der Waals surface area contributed by atoms with Crippen molar-refractivity contribution in [1.29, 1.82) is 0 Å². The van der Waals surface area contributed by atoms with Crippen LogP contribution in [0.4, 0.5) is 0 Å². The van der Waals surface area contributed by atoms with Crippen molar-refractivity contribution in [3.63, 3.8) is 0 Å². The van der Waals surface area contributed by atoms with Crippen molar-refractivity contribution in [2.75, 3.05) is 6.61 Å². The Morgan fingerprint density at radius 2 is 1.69 bits per heavy atom. The summed E-state index contributed by atoms with van der Waals surface area (Å²) < 4.78 is 5.01. The molecule has 0 saturated carbocycles. The van der Waals surface area contributed by atoms with Gasteiger partial charge in [0.1, 0.15) is 0 Å².